The molecule has 0 saturated carbocycles. The van der Waals surface area contributed by atoms with E-state index < -0.39 is 0 Å². The molecule has 128 valence electrons. The Kier molecular flexibility index (Phi) is 4.86. The number of nitrogens with one attached hydrogen (secondary N) is 1. The van der Waals surface area contributed by atoms with Crippen LogP contribution < -0.4 is 5.32 Å². The van der Waals surface area contributed by atoms with Crippen LogP contribution in [0.25, 0.3) is 11.0 Å². The van der Waals surface area contributed by atoms with Gasteiger partial charge in [0, 0.05) is 12.6 Å². The van der Waals surface area contributed by atoms with Gasteiger partial charge in [0.15, 0.2) is 16.4 Å². The molecule has 3 rings (SSSR count). The number of phenolic OH excluding ortho intramolecular Hbond substituents is 1. The number of amides is 1. The number of phenols is 1. The molecule has 10 heteroatoms. The van der Waals surface area contributed by atoms with Crippen molar-refractivity contribution in [2.75, 3.05) is 5.32 Å². The molecule has 25 heavy (non-hydrogen) atoms. The number of hydrogen-bond acceptors (Lipinski definition) is 8. The minimum Gasteiger partial charge on any atom is -0.504 e. The maximum absolute atomic E-state index is 11.5. The lowest BCUT2D eigenvalue weighted by atomic mass is 10.2. The molecule has 0 unspecified atom stereocenters. The van der Waals surface area contributed by atoms with Gasteiger partial charge in [-0.25, -0.2) is 9.97 Å². The number of rotatable bonds is 4. The molecule has 0 aliphatic heterocycles. The predicted octanol–water partition coefficient (Wildman–Crippen LogP) is 4.52. The summed E-state index contributed by atoms with van der Waals surface area (Å²) < 4.78 is 4.21. The van der Waals surface area contributed by atoms with Gasteiger partial charge in [0.2, 0.25) is 5.91 Å². The number of aryl methyl sites for hydroxylation is 1. The van der Waals surface area contributed by atoms with Crippen LogP contribution in [0.15, 0.2) is 28.6 Å². The van der Waals surface area contributed by atoms with Crippen LogP contribution >= 0.6 is 23.1 Å². The second-order valence-corrected chi connectivity index (χ2v) is 6.23. The van der Waals surface area contributed by atoms with Crippen molar-refractivity contribution in [1.82, 2.24) is 14.3 Å². The van der Waals surface area contributed by atoms with Gasteiger partial charge < -0.3 is 10.4 Å². The number of anilines is 1. The lowest BCUT2D eigenvalue weighted by Gasteiger charge is -2.08. The van der Waals surface area contributed by atoms with E-state index in [-0.39, 0.29) is 28.8 Å². The van der Waals surface area contributed by atoms with E-state index >= 15 is 0 Å². The molecule has 0 aliphatic rings. The minimum atomic E-state index is -0.249. The average Bonchev–Trinajstić information content (AvgIpc) is 2.99. The number of nitrogens with zero attached hydrogens (tertiary/aromatic N) is 5. The quantitative estimate of drug-likeness (QED) is 0.513. The van der Waals surface area contributed by atoms with Crippen molar-refractivity contribution >= 4 is 56.4 Å². The van der Waals surface area contributed by atoms with Crippen LogP contribution in [0.4, 0.5) is 16.4 Å². The van der Waals surface area contributed by atoms with Crippen LogP contribution in [0, 0.1) is 6.92 Å². The molecule has 0 radical (unpaired) electrons. The number of aromatic hydroxyl groups is 1. The third-order valence-electron chi connectivity index (χ3n) is 3.24. The molecule has 1 amide bonds. The van der Waals surface area contributed by atoms with E-state index in [1.54, 1.807) is 20.0 Å². The lowest BCUT2D eigenvalue weighted by molar-refractivity contribution is -0.115. The Labute approximate surface area is 151 Å². The first kappa shape index (κ1) is 17.2. The number of benzene rings is 1. The molecule has 3 aromatic rings. The van der Waals surface area contributed by atoms with Gasteiger partial charge in [-0.15, -0.1) is 10.2 Å². The Morgan fingerprint density at radius 1 is 1.40 bits per heavy atom. The van der Waals surface area contributed by atoms with Gasteiger partial charge in [-0.2, -0.15) is 4.37 Å². The van der Waals surface area contributed by atoms with E-state index in [2.05, 4.69) is 29.9 Å². The zero-order valence-corrected chi connectivity index (χ0v) is 14.9. The molecule has 0 spiro atoms. The first-order valence-corrected chi connectivity index (χ1v) is 8.46. The summed E-state index contributed by atoms with van der Waals surface area (Å²) in [5.74, 6) is 0.166. The minimum absolute atomic E-state index is 0.0657. The Morgan fingerprint density at radius 2 is 2.20 bits per heavy atom. The zero-order valence-electron chi connectivity index (χ0n) is 13.3. The lowest BCUT2D eigenvalue weighted by Crippen LogP contribution is -2.09. The molecule has 1 aromatic carbocycles. The number of hydrogen-bond donors (Lipinski definition) is 2. The highest BCUT2D eigenvalue weighted by molar-refractivity contribution is 7.11. The Morgan fingerprint density at radius 3 is 2.96 bits per heavy atom. The van der Waals surface area contributed by atoms with Gasteiger partial charge in [-0.1, -0.05) is 18.5 Å². The normalized spacial score (nSPS) is 11.3. The van der Waals surface area contributed by atoms with Crippen molar-refractivity contribution in [3.05, 3.63) is 29.2 Å². The van der Waals surface area contributed by atoms with Crippen molar-refractivity contribution in [2.45, 2.75) is 20.3 Å². The number of azo groups is 1. The number of halogens is 1. The summed E-state index contributed by atoms with van der Waals surface area (Å²) in [6.07, 6.45) is 1.92. The summed E-state index contributed by atoms with van der Waals surface area (Å²) in [4.78, 5) is 19.9. The van der Waals surface area contributed by atoms with Crippen LogP contribution in [0.3, 0.4) is 0 Å². The smallest absolute Gasteiger partial charge is 0.224 e. The van der Waals surface area contributed by atoms with Gasteiger partial charge in [-0.05, 0) is 30.6 Å². The van der Waals surface area contributed by atoms with E-state index in [0.717, 1.165) is 11.5 Å². The third-order valence-corrected chi connectivity index (χ3v) is 4.26. The second kappa shape index (κ2) is 7.08. The van der Waals surface area contributed by atoms with E-state index in [9.17, 15) is 9.90 Å². The summed E-state index contributed by atoms with van der Waals surface area (Å²) in [5.41, 5.74) is 1.12. The Bertz CT molecular complexity index is 988. The highest BCUT2D eigenvalue weighted by Gasteiger charge is 2.12. The highest BCUT2D eigenvalue weighted by atomic mass is 35.5. The summed E-state index contributed by atoms with van der Waals surface area (Å²) in [7, 11) is 0. The predicted molar refractivity (Wildman–Crippen MR) is 96.2 cm³/mol. The monoisotopic (exact) mass is 376 g/mol. The van der Waals surface area contributed by atoms with Crippen LogP contribution in [0.5, 0.6) is 5.75 Å². The van der Waals surface area contributed by atoms with Crippen LogP contribution in [0.1, 0.15) is 19.2 Å². The maximum atomic E-state index is 11.5. The van der Waals surface area contributed by atoms with Crippen molar-refractivity contribution in [3.8, 4) is 5.75 Å². The fraction of sp³-hybridized carbons (Fsp3) is 0.200. The van der Waals surface area contributed by atoms with E-state index in [0.29, 0.717) is 27.5 Å². The van der Waals surface area contributed by atoms with Gasteiger partial charge in [0.1, 0.15) is 5.82 Å². The molecular weight excluding hydrogens is 364 g/mol. The molecule has 0 bridgehead atoms. The maximum Gasteiger partial charge on any atom is 0.224 e. The molecule has 0 fully saturated rings. The molecule has 0 aliphatic carbocycles. The molecule has 8 nitrogen and oxygen atoms in total. The van der Waals surface area contributed by atoms with Crippen LogP contribution in [-0.2, 0) is 4.79 Å². The topological polar surface area (TPSA) is 113 Å². The van der Waals surface area contributed by atoms with Crippen molar-refractivity contribution in [2.24, 2.45) is 10.2 Å². The Balaban J connectivity index is 1.93. The van der Waals surface area contributed by atoms with E-state index in [4.69, 9.17) is 11.6 Å². The van der Waals surface area contributed by atoms with Gasteiger partial charge >= 0.3 is 0 Å². The van der Waals surface area contributed by atoms with Gasteiger partial charge in [0.05, 0.1) is 21.8 Å². The molecule has 2 aromatic heterocycles. The molecule has 2 N–H and O–H groups in total. The van der Waals surface area contributed by atoms with Gasteiger partial charge in [0.25, 0.3) is 0 Å². The number of aromatic nitrogens is 3. The summed E-state index contributed by atoms with van der Waals surface area (Å²) in [5, 5.41) is 22.1. The van der Waals surface area contributed by atoms with Crippen molar-refractivity contribution in [1.29, 1.82) is 0 Å². The van der Waals surface area contributed by atoms with E-state index in [1.807, 2.05) is 0 Å². The van der Waals surface area contributed by atoms with Crippen LogP contribution in [-0.4, -0.2) is 25.4 Å². The third kappa shape index (κ3) is 3.72. The molecule has 0 saturated heterocycles. The van der Waals surface area contributed by atoms with Crippen molar-refractivity contribution < 1.29 is 9.90 Å². The first-order valence-electron chi connectivity index (χ1n) is 7.31. The summed E-state index contributed by atoms with van der Waals surface area (Å²) >= 11 is 7.14. The fourth-order valence-corrected chi connectivity index (χ4v) is 2.81. The summed E-state index contributed by atoms with van der Waals surface area (Å²) in [6.45, 7) is 3.49. The number of fused-ring (bicyclic) bond motifs is 1. The second-order valence-electron chi connectivity index (χ2n) is 5.07. The molecular formula is C15H13ClN6O2S. The Hall–Kier alpha value is -2.65. The first-order chi connectivity index (χ1) is 12.0. The highest BCUT2D eigenvalue weighted by Crippen LogP contribution is 2.37. The number of carbonyl (C=O) groups is 1. The SMILES string of the molecule is CCC(=O)Nc1cc(/N=N/c2snc3nc(C)ncc23)cc(Cl)c1O. The van der Waals surface area contributed by atoms with Gasteiger partial charge in [-0.3, -0.25) is 4.79 Å². The fourth-order valence-electron chi connectivity index (χ4n) is 1.97. The van der Waals surface area contributed by atoms with E-state index in [1.165, 1.54) is 12.1 Å². The standard InChI is InChI=1S/C15H13ClN6O2S/c1-3-12(23)19-11-5-8(4-10(16)13(11)24)20-21-15-9-6-17-7(2)18-14(9)22-25-15/h4-6,24H,3H2,1-2H3,(H,19,23)/b21-20+. The largest absolute Gasteiger partial charge is 0.504 e. The zero-order chi connectivity index (χ0) is 18.0. The van der Waals surface area contributed by atoms with Crippen LogP contribution in [0.2, 0.25) is 5.02 Å². The number of carbonyl (C=O) groups excluding carboxylic acids is 1. The van der Waals surface area contributed by atoms with Crippen molar-refractivity contribution in [3.63, 3.8) is 0 Å². The average molecular weight is 377 g/mol. The molecule has 2 heterocycles. The molecule has 0 atom stereocenters. The summed E-state index contributed by atoms with van der Waals surface area (Å²) in [6, 6.07) is 2.94.